The van der Waals surface area contributed by atoms with E-state index in [0.717, 1.165) is 26.2 Å². The maximum atomic E-state index is 12.2. The van der Waals surface area contributed by atoms with Crippen LogP contribution in [0.5, 0.6) is 0 Å². The largest absolute Gasteiger partial charge is 0.325 e. The van der Waals surface area contributed by atoms with Crippen LogP contribution in [0, 0.1) is 13.8 Å². The van der Waals surface area contributed by atoms with E-state index in [1.165, 1.54) is 11.3 Å². The van der Waals surface area contributed by atoms with Crippen molar-refractivity contribution >= 4 is 44.5 Å². The van der Waals surface area contributed by atoms with Gasteiger partial charge in [-0.3, -0.25) is 14.5 Å². The van der Waals surface area contributed by atoms with Crippen LogP contribution in [0.15, 0.2) is 12.1 Å². The molecule has 138 valence electrons. The molecule has 1 aromatic heterocycles. The normalized spacial score (nSPS) is 16.2. The van der Waals surface area contributed by atoms with Gasteiger partial charge in [0, 0.05) is 13.0 Å². The van der Waals surface area contributed by atoms with Gasteiger partial charge in [0.2, 0.25) is 5.91 Å². The second kappa shape index (κ2) is 6.68. The van der Waals surface area contributed by atoms with Crippen molar-refractivity contribution in [1.82, 2.24) is 15.2 Å². The first-order valence-corrected chi connectivity index (χ1v) is 9.31. The maximum Gasteiger partial charge on any atom is 0.325 e. The van der Waals surface area contributed by atoms with E-state index < -0.39 is 11.6 Å². The van der Waals surface area contributed by atoms with E-state index in [4.69, 9.17) is 0 Å². The Morgan fingerprint density at radius 1 is 1.31 bits per heavy atom. The third-order valence-corrected chi connectivity index (χ3v) is 5.22. The van der Waals surface area contributed by atoms with Gasteiger partial charge in [0.05, 0.1) is 10.2 Å². The summed E-state index contributed by atoms with van der Waals surface area (Å²) in [7, 11) is 0. The second-order valence-corrected chi connectivity index (χ2v) is 8.14. The van der Waals surface area contributed by atoms with Crippen LogP contribution in [-0.4, -0.2) is 39.8 Å². The van der Waals surface area contributed by atoms with Gasteiger partial charge >= 0.3 is 6.03 Å². The van der Waals surface area contributed by atoms with Gasteiger partial charge in [0.15, 0.2) is 5.13 Å². The number of carbonyl (C=O) groups excluding carboxylic acids is 3. The summed E-state index contributed by atoms with van der Waals surface area (Å²) >= 11 is 1.44. The van der Waals surface area contributed by atoms with Crippen molar-refractivity contribution in [3.63, 3.8) is 0 Å². The summed E-state index contributed by atoms with van der Waals surface area (Å²) in [6.07, 6.45) is 0.621. The zero-order valence-corrected chi connectivity index (χ0v) is 16.1. The van der Waals surface area contributed by atoms with Crippen molar-refractivity contribution in [3.05, 3.63) is 23.3 Å². The quantitative estimate of drug-likeness (QED) is 0.787. The average molecular weight is 374 g/mol. The van der Waals surface area contributed by atoms with Gasteiger partial charge in [-0.25, -0.2) is 9.78 Å². The highest BCUT2D eigenvalue weighted by Crippen LogP contribution is 2.29. The number of aromatic nitrogens is 1. The summed E-state index contributed by atoms with van der Waals surface area (Å²) in [5.41, 5.74) is 2.26. The van der Waals surface area contributed by atoms with E-state index in [1.807, 2.05) is 13.8 Å². The molecule has 1 aromatic carbocycles. The van der Waals surface area contributed by atoms with E-state index >= 15 is 0 Å². The van der Waals surface area contributed by atoms with Crippen LogP contribution >= 0.6 is 11.3 Å². The molecule has 0 spiro atoms. The van der Waals surface area contributed by atoms with Crippen molar-refractivity contribution in [2.24, 2.45) is 0 Å². The molecule has 3 rings (SSSR count). The molecular weight excluding hydrogens is 352 g/mol. The first kappa shape index (κ1) is 18.3. The predicted octanol–water partition coefficient (Wildman–Crippen LogP) is 2.96. The van der Waals surface area contributed by atoms with E-state index in [9.17, 15) is 14.4 Å². The van der Waals surface area contributed by atoms with Crippen molar-refractivity contribution < 1.29 is 14.4 Å². The van der Waals surface area contributed by atoms with Gasteiger partial charge in [0.25, 0.3) is 5.91 Å². The van der Waals surface area contributed by atoms with Crippen molar-refractivity contribution in [2.75, 3.05) is 11.9 Å². The first-order chi connectivity index (χ1) is 12.2. The minimum Gasteiger partial charge on any atom is -0.324 e. The molecule has 7 nitrogen and oxygen atoms in total. The van der Waals surface area contributed by atoms with Crippen LogP contribution in [0.2, 0.25) is 0 Å². The molecule has 2 N–H and O–H groups in total. The summed E-state index contributed by atoms with van der Waals surface area (Å²) in [5.74, 6) is -0.440. The number of urea groups is 1. The van der Waals surface area contributed by atoms with Crippen molar-refractivity contribution in [1.29, 1.82) is 0 Å². The van der Waals surface area contributed by atoms with E-state index in [2.05, 4.69) is 27.8 Å². The molecule has 0 atom stereocenters. The monoisotopic (exact) mass is 374 g/mol. The molecule has 0 radical (unpaired) electrons. The molecule has 0 aliphatic carbocycles. The lowest BCUT2D eigenvalue weighted by atomic mass is 10.1. The number of fused-ring (bicyclic) bond motifs is 1. The molecule has 1 aliphatic rings. The molecule has 2 heterocycles. The summed E-state index contributed by atoms with van der Waals surface area (Å²) in [6.45, 7) is 7.58. The molecule has 26 heavy (non-hydrogen) atoms. The van der Waals surface area contributed by atoms with Crippen LogP contribution in [-0.2, 0) is 9.59 Å². The number of hydrogen-bond donors (Lipinski definition) is 2. The number of nitrogens with one attached hydrogen (secondary N) is 2. The molecule has 1 aliphatic heterocycles. The van der Waals surface area contributed by atoms with Gasteiger partial charge in [-0.2, -0.15) is 0 Å². The number of nitrogens with zero attached hydrogens (tertiary/aromatic N) is 2. The second-order valence-electron chi connectivity index (χ2n) is 7.11. The van der Waals surface area contributed by atoms with E-state index in [-0.39, 0.29) is 24.8 Å². The SMILES string of the molecule is Cc1cc(C)c2nc(NC(=O)CCCN3C(=O)NC(C)(C)C3=O)sc2c1. The van der Waals surface area contributed by atoms with E-state index in [1.54, 1.807) is 13.8 Å². The standard InChI is InChI=1S/C18H22N4O3S/c1-10-8-11(2)14-12(9-10)26-16(20-14)19-13(23)6-5-7-22-15(24)18(3,4)21-17(22)25/h8-9H,5-7H2,1-4H3,(H,21,25)(H,19,20,23). The third kappa shape index (κ3) is 3.55. The summed E-state index contributed by atoms with van der Waals surface area (Å²) < 4.78 is 1.04. The average Bonchev–Trinajstić information content (AvgIpc) is 3.00. The van der Waals surface area contributed by atoms with Gasteiger partial charge in [-0.1, -0.05) is 17.4 Å². The number of imide groups is 1. The molecule has 1 saturated heterocycles. The van der Waals surface area contributed by atoms with Crippen LogP contribution < -0.4 is 10.6 Å². The number of hydrogen-bond acceptors (Lipinski definition) is 5. The smallest absolute Gasteiger partial charge is 0.324 e. The maximum absolute atomic E-state index is 12.2. The third-order valence-electron chi connectivity index (χ3n) is 4.31. The Balaban J connectivity index is 1.56. The number of thiazole rings is 1. The molecular formula is C18H22N4O3S. The minimum atomic E-state index is -0.879. The highest BCUT2D eigenvalue weighted by molar-refractivity contribution is 7.22. The van der Waals surface area contributed by atoms with Crippen molar-refractivity contribution in [3.8, 4) is 0 Å². The highest BCUT2D eigenvalue weighted by Gasteiger charge is 2.43. The minimum absolute atomic E-state index is 0.176. The zero-order valence-electron chi connectivity index (χ0n) is 15.3. The van der Waals surface area contributed by atoms with Crippen LogP contribution in [0.25, 0.3) is 10.2 Å². The fourth-order valence-corrected chi connectivity index (χ4v) is 4.08. The Morgan fingerprint density at radius 2 is 2.04 bits per heavy atom. The number of benzene rings is 1. The van der Waals surface area contributed by atoms with Gasteiger partial charge < -0.3 is 10.6 Å². The van der Waals surface area contributed by atoms with Crippen molar-refractivity contribution in [2.45, 2.75) is 46.1 Å². The zero-order chi connectivity index (χ0) is 19.1. The van der Waals surface area contributed by atoms with Crippen LogP contribution in [0.3, 0.4) is 0 Å². The number of anilines is 1. The van der Waals surface area contributed by atoms with Gasteiger partial charge in [-0.05, 0) is 51.3 Å². The lowest BCUT2D eigenvalue weighted by Crippen LogP contribution is -2.40. The summed E-state index contributed by atoms with van der Waals surface area (Å²) in [4.78, 5) is 41.7. The molecule has 0 saturated carbocycles. The number of rotatable bonds is 5. The molecule has 2 aromatic rings. The molecule has 8 heteroatoms. The predicted molar refractivity (Wildman–Crippen MR) is 101 cm³/mol. The molecule has 0 bridgehead atoms. The van der Waals surface area contributed by atoms with Gasteiger partial charge in [0.1, 0.15) is 5.54 Å². The molecule has 1 fully saturated rings. The highest BCUT2D eigenvalue weighted by atomic mass is 32.1. The fourth-order valence-electron chi connectivity index (χ4n) is 3.02. The number of aryl methyl sites for hydroxylation is 2. The lowest BCUT2D eigenvalue weighted by Gasteiger charge is -2.15. The van der Waals surface area contributed by atoms with Gasteiger partial charge in [-0.15, -0.1) is 0 Å². The Labute approximate surface area is 155 Å². The topological polar surface area (TPSA) is 91.4 Å². The number of carbonyl (C=O) groups is 3. The van der Waals surface area contributed by atoms with Crippen LogP contribution in [0.4, 0.5) is 9.93 Å². The Morgan fingerprint density at radius 3 is 2.69 bits per heavy atom. The Bertz CT molecular complexity index is 903. The van der Waals surface area contributed by atoms with E-state index in [0.29, 0.717) is 11.6 Å². The Kier molecular flexibility index (Phi) is 4.70. The summed E-state index contributed by atoms with van der Waals surface area (Å²) in [6, 6.07) is 3.71. The Hall–Kier alpha value is -2.48. The number of amides is 4. The summed E-state index contributed by atoms with van der Waals surface area (Å²) in [5, 5.41) is 6.00. The molecule has 4 amide bonds. The first-order valence-electron chi connectivity index (χ1n) is 8.49. The van der Waals surface area contributed by atoms with Crippen LogP contribution in [0.1, 0.15) is 37.8 Å². The lowest BCUT2D eigenvalue weighted by molar-refractivity contribution is -0.130. The fraction of sp³-hybridized carbons (Fsp3) is 0.444. The molecule has 0 unspecified atom stereocenters.